The Morgan fingerprint density at radius 3 is 3.09 bits per heavy atom. The lowest BCUT2D eigenvalue weighted by molar-refractivity contribution is 0.0588. The number of benzene rings is 1. The van der Waals surface area contributed by atoms with E-state index in [1.165, 1.54) is 12.8 Å². The third kappa shape index (κ3) is 2.72. The van der Waals surface area contributed by atoms with E-state index < -0.39 is 0 Å². The van der Waals surface area contributed by atoms with Crippen LogP contribution in [0.4, 0.5) is 0 Å². The van der Waals surface area contributed by atoms with Crippen molar-refractivity contribution < 1.29 is 4.79 Å². The molecule has 2 fully saturated rings. The number of nitrogens with one attached hydrogen (secondary N) is 1. The zero-order chi connectivity index (χ0) is 15.6. The van der Waals surface area contributed by atoms with Crippen LogP contribution in [0.25, 0.3) is 10.9 Å². The molecule has 2 atom stereocenters. The molecule has 0 unspecified atom stereocenters. The van der Waals surface area contributed by atoms with Crippen LogP contribution in [0.2, 0.25) is 0 Å². The van der Waals surface area contributed by atoms with E-state index >= 15 is 0 Å². The normalized spacial score (nSPS) is 25.0. The summed E-state index contributed by atoms with van der Waals surface area (Å²) in [6.45, 7) is 2.95. The Bertz CT molecular complexity index is 709. The minimum Gasteiger partial charge on any atom is -0.335 e. The van der Waals surface area contributed by atoms with Gasteiger partial charge in [-0.05, 0) is 56.5 Å². The molecule has 2 aliphatic rings. The van der Waals surface area contributed by atoms with E-state index in [1.54, 1.807) is 6.20 Å². The van der Waals surface area contributed by atoms with Gasteiger partial charge in [-0.15, -0.1) is 0 Å². The van der Waals surface area contributed by atoms with Crippen LogP contribution in [-0.2, 0) is 0 Å². The first-order valence-electron chi connectivity index (χ1n) is 8.70. The molecule has 4 heteroatoms. The summed E-state index contributed by atoms with van der Waals surface area (Å²) in [4.78, 5) is 19.8. The van der Waals surface area contributed by atoms with Crippen molar-refractivity contribution in [3.8, 4) is 0 Å². The number of fused-ring (bicyclic) bond motifs is 2. The highest BCUT2D eigenvalue weighted by Crippen LogP contribution is 2.29. The van der Waals surface area contributed by atoms with Crippen LogP contribution >= 0.6 is 0 Å². The summed E-state index contributed by atoms with van der Waals surface area (Å²) in [5.41, 5.74) is 1.70. The zero-order valence-electron chi connectivity index (χ0n) is 13.4. The maximum absolute atomic E-state index is 13.3. The number of rotatable bonds is 1. The SMILES string of the molecule is O=C(c1cccc2ncccc12)N1CCCC[C@H]2CNCC[C@H]21. The Kier molecular flexibility index (Phi) is 4.00. The van der Waals surface area contributed by atoms with Gasteiger partial charge in [-0.2, -0.15) is 0 Å². The Morgan fingerprint density at radius 2 is 2.13 bits per heavy atom. The van der Waals surface area contributed by atoms with E-state index in [0.717, 1.165) is 48.9 Å². The summed E-state index contributed by atoms with van der Waals surface area (Å²) < 4.78 is 0. The molecule has 1 amide bonds. The lowest BCUT2D eigenvalue weighted by Gasteiger charge is -2.38. The number of pyridine rings is 1. The van der Waals surface area contributed by atoms with Crippen LogP contribution in [0.5, 0.6) is 0 Å². The fourth-order valence-electron chi connectivity index (χ4n) is 4.17. The molecular weight excluding hydrogens is 286 g/mol. The van der Waals surface area contributed by atoms with Gasteiger partial charge in [-0.3, -0.25) is 9.78 Å². The first-order chi connectivity index (χ1) is 11.3. The van der Waals surface area contributed by atoms with Crippen LogP contribution in [0.3, 0.4) is 0 Å². The van der Waals surface area contributed by atoms with Gasteiger partial charge < -0.3 is 10.2 Å². The smallest absolute Gasteiger partial charge is 0.254 e. The number of carbonyl (C=O) groups excluding carboxylic acids is 1. The summed E-state index contributed by atoms with van der Waals surface area (Å²) in [5.74, 6) is 0.783. The predicted octanol–water partition coefficient (Wildman–Crippen LogP) is 2.84. The van der Waals surface area contributed by atoms with Gasteiger partial charge in [0, 0.05) is 29.7 Å². The van der Waals surface area contributed by atoms with Crippen LogP contribution < -0.4 is 5.32 Å². The number of likely N-dealkylation sites (tertiary alicyclic amines) is 1. The largest absolute Gasteiger partial charge is 0.335 e. The lowest BCUT2D eigenvalue weighted by Crippen LogP contribution is -2.51. The van der Waals surface area contributed by atoms with Gasteiger partial charge >= 0.3 is 0 Å². The number of piperidine rings is 1. The van der Waals surface area contributed by atoms with E-state index in [1.807, 2.05) is 30.3 Å². The van der Waals surface area contributed by atoms with Crippen molar-refractivity contribution in [3.63, 3.8) is 0 Å². The number of hydrogen-bond donors (Lipinski definition) is 1. The fourth-order valence-corrected chi connectivity index (χ4v) is 4.17. The highest BCUT2D eigenvalue weighted by molar-refractivity contribution is 6.06. The first kappa shape index (κ1) is 14.6. The predicted molar refractivity (Wildman–Crippen MR) is 91.4 cm³/mol. The summed E-state index contributed by atoms with van der Waals surface area (Å²) in [6, 6.07) is 10.2. The Morgan fingerprint density at radius 1 is 1.17 bits per heavy atom. The highest BCUT2D eigenvalue weighted by atomic mass is 16.2. The molecule has 0 radical (unpaired) electrons. The highest BCUT2D eigenvalue weighted by Gasteiger charge is 2.34. The van der Waals surface area contributed by atoms with Gasteiger partial charge in [0.2, 0.25) is 0 Å². The molecule has 4 rings (SSSR count). The fraction of sp³-hybridized carbons (Fsp3) is 0.474. The summed E-state index contributed by atoms with van der Waals surface area (Å²) in [7, 11) is 0. The maximum atomic E-state index is 13.3. The van der Waals surface area contributed by atoms with Crippen molar-refractivity contribution in [1.29, 1.82) is 0 Å². The molecular formula is C19H23N3O. The van der Waals surface area contributed by atoms with Crippen LogP contribution in [0.1, 0.15) is 36.0 Å². The van der Waals surface area contributed by atoms with Gasteiger partial charge in [-0.25, -0.2) is 0 Å². The number of carbonyl (C=O) groups is 1. The van der Waals surface area contributed by atoms with Crippen LogP contribution in [0, 0.1) is 5.92 Å². The molecule has 0 saturated carbocycles. The lowest BCUT2D eigenvalue weighted by atomic mass is 9.89. The molecule has 1 N–H and O–H groups in total. The quantitative estimate of drug-likeness (QED) is 0.881. The van der Waals surface area contributed by atoms with Crippen LogP contribution in [-0.4, -0.2) is 41.5 Å². The van der Waals surface area contributed by atoms with Gasteiger partial charge in [-0.1, -0.05) is 18.6 Å². The molecule has 23 heavy (non-hydrogen) atoms. The molecule has 2 aromatic rings. The second kappa shape index (κ2) is 6.28. The minimum absolute atomic E-state index is 0.183. The number of amides is 1. The van der Waals surface area contributed by atoms with Crippen molar-refractivity contribution in [2.75, 3.05) is 19.6 Å². The third-order valence-electron chi connectivity index (χ3n) is 5.33. The molecule has 0 bridgehead atoms. The van der Waals surface area contributed by atoms with Gasteiger partial charge in [0.1, 0.15) is 0 Å². The topological polar surface area (TPSA) is 45.2 Å². The van der Waals surface area contributed by atoms with Crippen molar-refractivity contribution in [2.24, 2.45) is 5.92 Å². The second-order valence-corrected chi connectivity index (χ2v) is 6.69. The van der Waals surface area contributed by atoms with Crippen molar-refractivity contribution in [2.45, 2.75) is 31.7 Å². The Balaban J connectivity index is 1.71. The summed E-state index contributed by atoms with van der Waals surface area (Å²) in [5, 5.41) is 4.46. The molecule has 1 aromatic heterocycles. The molecule has 2 aliphatic heterocycles. The molecule has 120 valence electrons. The maximum Gasteiger partial charge on any atom is 0.254 e. The van der Waals surface area contributed by atoms with Gasteiger partial charge in [0.05, 0.1) is 5.52 Å². The standard InChI is InChI=1S/C19H23N3O/c23-19(16-6-3-8-17-15(16)7-4-10-21-17)22-12-2-1-5-14-13-20-11-9-18(14)22/h3-4,6-8,10,14,18,20H,1-2,5,9,11-13H2/t14-,18+/m0/s1. The first-order valence-corrected chi connectivity index (χ1v) is 8.70. The summed E-state index contributed by atoms with van der Waals surface area (Å²) in [6.07, 6.45) is 6.43. The van der Waals surface area contributed by atoms with Gasteiger partial charge in [0.25, 0.3) is 5.91 Å². The van der Waals surface area contributed by atoms with E-state index in [9.17, 15) is 4.79 Å². The molecule has 0 spiro atoms. The average Bonchev–Trinajstić information content (AvgIpc) is 2.83. The molecule has 2 saturated heterocycles. The van der Waals surface area contributed by atoms with Crippen LogP contribution in [0.15, 0.2) is 36.5 Å². The molecule has 0 aliphatic carbocycles. The van der Waals surface area contributed by atoms with Crippen molar-refractivity contribution >= 4 is 16.8 Å². The zero-order valence-corrected chi connectivity index (χ0v) is 13.4. The van der Waals surface area contributed by atoms with E-state index in [4.69, 9.17) is 0 Å². The van der Waals surface area contributed by atoms with E-state index in [2.05, 4.69) is 15.2 Å². The average molecular weight is 309 g/mol. The van der Waals surface area contributed by atoms with Crippen molar-refractivity contribution in [3.05, 3.63) is 42.1 Å². The van der Waals surface area contributed by atoms with E-state index in [-0.39, 0.29) is 5.91 Å². The minimum atomic E-state index is 0.183. The second-order valence-electron chi connectivity index (χ2n) is 6.69. The molecule has 1 aromatic carbocycles. The molecule has 3 heterocycles. The van der Waals surface area contributed by atoms with Gasteiger partial charge in [0.15, 0.2) is 0 Å². The Labute approximate surface area is 136 Å². The monoisotopic (exact) mass is 309 g/mol. The number of aromatic nitrogens is 1. The van der Waals surface area contributed by atoms with Crippen molar-refractivity contribution in [1.82, 2.24) is 15.2 Å². The number of hydrogen-bond acceptors (Lipinski definition) is 3. The number of nitrogens with zero attached hydrogens (tertiary/aromatic N) is 2. The molecule has 4 nitrogen and oxygen atoms in total. The third-order valence-corrected chi connectivity index (χ3v) is 5.33. The summed E-state index contributed by atoms with van der Waals surface area (Å²) >= 11 is 0. The van der Waals surface area contributed by atoms with E-state index in [0.29, 0.717) is 12.0 Å². The Hall–Kier alpha value is -1.94.